The molecule has 1 aromatic carbocycles. The summed E-state index contributed by atoms with van der Waals surface area (Å²) < 4.78 is 43.1. The second kappa shape index (κ2) is 3.85. The minimum Gasteiger partial charge on any atom is -0.748 e. The Morgan fingerprint density at radius 2 is 1.77 bits per heavy atom. The Morgan fingerprint density at radius 3 is 2.23 bits per heavy atom. The van der Waals surface area contributed by atoms with Gasteiger partial charge in [0, 0.05) is 5.75 Å². The topological polar surface area (TPSA) is 57.2 Å². The fraction of sp³-hybridized carbons (Fsp3) is 0.250. The second-order valence-corrected chi connectivity index (χ2v) is 4.16. The van der Waals surface area contributed by atoms with Crippen molar-refractivity contribution in [3.05, 3.63) is 35.6 Å². The third kappa shape index (κ3) is 4.00. The van der Waals surface area contributed by atoms with Gasteiger partial charge in [-0.2, -0.15) is 0 Å². The van der Waals surface area contributed by atoms with Crippen molar-refractivity contribution in [2.24, 2.45) is 0 Å². The first-order chi connectivity index (χ1) is 5.97. The van der Waals surface area contributed by atoms with E-state index in [1.807, 2.05) is 0 Å². The van der Waals surface area contributed by atoms with Crippen molar-refractivity contribution in [3.63, 3.8) is 0 Å². The van der Waals surface area contributed by atoms with Crippen LogP contribution in [0.25, 0.3) is 0 Å². The average molecular weight is 203 g/mol. The van der Waals surface area contributed by atoms with E-state index in [-0.39, 0.29) is 12.2 Å². The molecule has 0 heterocycles. The lowest BCUT2D eigenvalue weighted by Crippen LogP contribution is -2.06. The summed E-state index contributed by atoms with van der Waals surface area (Å²) in [5.74, 6) is -0.827. The van der Waals surface area contributed by atoms with E-state index >= 15 is 0 Å². The molecular formula is C8H8FO3S-. The molecule has 0 bridgehead atoms. The Hall–Kier alpha value is -0.940. The van der Waals surface area contributed by atoms with Crippen LogP contribution in [0.2, 0.25) is 0 Å². The number of hydrogen-bond acceptors (Lipinski definition) is 3. The third-order valence-electron chi connectivity index (χ3n) is 1.55. The molecule has 0 atom stereocenters. The van der Waals surface area contributed by atoms with Gasteiger partial charge in [0.25, 0.3) is 0 Å². The molecule has 0 saturated heterocycles. The summed E-state index contributed by atoms with van der Waals surface area (Å²) in [4.78, 5) is 0. The van der Waals surface area contributed by atoms with Gasteiger partial charge in [-0.05, 0) is 24.1 Å². The predicted octanol–water partition coefficient (Wildman–Crippen LogP) is 0.913. The van der Waals surface area contributed by atoms with Gasteiger partial charge in [-0.15, -0.1) is 0 Å². The van der Waals surface area contributed by atoms with Crippen LogP contribution in [0.5, 0.6) is 0 Å². The first kappa shape index (κ1) is 10.1. The first-order valence-electron chi connectivity index (χ1n) is 3.65. The van der Waals surface area contributed by atoms with Gasteiger partial charge in [-0.1, -0.05) is 12.1 Å². The highest BCUT2D eigenvalue weighted by atomic mass is 32.2. The molecule has 0 aliphatic rings. The molecule has 1 aromatic rings. The Morgan fingerprint density at radius 1 is 1.23 bits per heavy atom. The smallest absolute Gasteiger partial charge is 0.123 e. The molecule has 72 valence electrons. The zero-order valence-corrected chi connectivity index (χ0v) is 7.55. The van der Waals surface area contributed by atoms with E-state index in [1.54, 1.807) is 0 Å². The van der Waals surface area contributed by atoms with Crippen molar-refractivity contribution < 1.29 is 17.4 Å². The van der Waals surface area contributed by atoms with Crippen LogP contribution in [0.15, 0.2) is 24.3 Å². The molecule has 5 heteroatoms. The lowest BCUT2D eigenvalue weighted by Gasteiger charge is -2.05. The number of hydrogen-bond donors (Lipinski definition) is 0. The first-order valence-corrected chi connectivity index (χ1v) is 5.23. The van der Waals surface area contributed by atoms with E-state index in [0.29, 0.717) is 5.56 Å². The highest BCUT2D eigenvalue weighted by Crippen LogP contribution is 2.04. The molecule has 0 N–H and O–H groups in total. The molecule has 0 aromatic heterocycles. The van der Waals surface area contributed by atoms with Crippen LogP contribution >= 0.6 is 0 Å². The van der Waals surface area contributed by atoms with E-state index < -0.39 is 15.9 Å². The van der Waals surface area contributed by atoms with Gasteiger partial charge in [-0.3, -0.25) is 0 Å². The molecule has 0 spiro atoms. The summed E-state index contributed by atoms with van der Waals surface area (Å²) >= 11 is 0. The predicted molar refractivity (Wildman–Crippen MR) is 44.7 cm³/mol. The quantitative estimate of drug-likeness (QED) is 0.686. The standard InChI is InChI=1S/C8H9FO3S/c9-8-3-1-7(2-4-8)5-6-13(10,11)12/h1-4H,5-6H2,(H,10,11,12)/p-1. The van der Waals surface area contributed by atoms with Crippen LogP contribution in [-0.4, -0.2) is 18.7 Å². The van der Waals surface area contributed by atoms with E-state index in [9.17, 15) is 17.4 Å². The molecule has 0 fully saturated rings. The van der Waals surface area contributed by atoms with Crippen LogP contribution in [0.1, 0.15) is 5.56 Å². The van der Waals surface area contributed by atoms with E-state index in [1.165, 1.54) is 24.3 Å². The van der Waals surface area contributed by atoms with Crippen LogP contribution in [-0.2, 0) is 16.5 Å². The zero-order chi connectivity index (χ0) is 9.90. The van der Waals surface area contributed by atoms with Crippen molar-refractivity contribution in [1.29, 1.82) is 0 Å². The maximum Gasteiger partial charge on any atom is 0.123 e. The van der Waals surface area contributed by atoms with Crippen LogP contribution < -0.4 is 0 Å². The molecule has 0 unspecified atom stereocenters. The Balaban J connectivity index is 2.61. The second-order valence-electron chi connectivity index (χ2n) is 2.64. The molecule has 0 aliphatic heterocycles. The molecule has 1 rings (SSSR count). The van der Waals surface area contributed by atoms with Gasteiger partial charge in [0.2, 0.25) is 0 Å². The lowest BCUT2D eigenvalue weighted by molar-refractivity contribution is 0.462. The van der Waals surface area contributed by atoms with Gasteiger partial charge < -0.3 is 4.55 Å². The molecule has 0 amide bonds. The monoisotopic (exact) mass is 203 g/mol. The highest BCUT2D eigenvalue weighted by molar-refractivity contribution is 7.85. The number of halogens is 1. The number of aryl methyl sites for hydroxylation is 1. The minimum absolute atomic E-state index is 0.131. The summed E-state index contributed by atoms with van der Waals surface area (Å²) in [5, 5.41) is 0. The summed E-state index contributed by atoms with van der Waals surface area (Å²) in [6.45, 7) is 0. The van der Waals surface area contributed by atoms with Gasteiger partial charge in [0.05, 0.1) is 10.1 Å². The van der Waals surface area contributed by atoms with E-state index in [0.717, 1.165) is 0 Å². The van der Waals surface area contributed by atoms with Crippen LogP contribution in [0, 0.1) is 5.82 Å². The summed E-state index contributed by atoms with van der Waals surface area (Å²) in [7, 11) is -4.18. The lowest BCUT2D eigenvalue weighted by atomic mass is 10.2. The summed E-state index contributed by atoms with van der Waals surface area (Å²) in [5.41, 5.74) is 0.640. The molecule has 0 saturated carbocycles. The molecular weight excluding hydrogens is 195 g/mol. The largest absolute Gasteiger partial charge is 0.748 e. The molecule has 3 nitrogen and oxygen atoms in total. The van der Waals surface area contributed by atoms with Crippen molar-refractivity contribution >= 4 is 10.1 Å². The van der Waals surface area contributed by atoms with Crippen LogP contribution in [0.3, 0.4) is 0 Å². The Labute approximate surface area is 76.0 Å². The van der Waals surface area contributed by atoms with Crippen molar-refractivity contribution in [1.82, 2.24) is 0 Å². The average Bonchev–Trinajstić information content (AvgIpc) is 2.02. The number of rotatable bonds is 3. The van der Waals surface area contributed by atoms with Gasteiger partial charge in [0.15, 0.2) is 0 Å². The summed E-state index contributed by atoms with van der Waals surface area (Å²) in [6.07, 6.45) is 0.131. The fourth-order valence-corrected chi connectivity index (χ4v) is 1.38. The normalized spacial score (nSPS) is 11.5. The minimum atomic E-state index is -4.18. The maximum atomic E-state index is 12.4. The van der Waals surface area contributed by atoms with Crippen LogP contribution in [0.4, 0.5) is 4.39 Å². The van der Waals surface area contributed by atoms with Gasteiger partial charge >= 0.3 is 0 Å². The van der Waals surface area contributed by atoms with Crippen molar-refractivity contribution in [3.8, 4) is 0 Å². The fourth-order valence-electron chi connectivity index (χ4n) is 0.894. The van der Waals surface area contributed by atoms with E-state index in [2.05, 4.69) is 0 Å². The Bertz CT molecular complexity index is 369. The Kier molecular flexibility index (Phi) is 3.00. The SMILES string of the molecule is O=S(=O)([O-])CCc1ccc(F)cc1. The van der Waals surface area contributed by atoms with Crippen molar-refractivity contribution in [2.75, 3.05) is 5.75 Å². The third-order valence-corrected chi connectivity index (χ3v) is 2.26. The molecule has 0 radical (unpaired) electrons. The molecule has 0 aliphatic carbocycles. The summed E-state index contributed by atoms with van der Waals surface area (Å²) in [6, 6.07) is 5.38. The maximum absolute atomic E-state index is 12.4. The van der Waals surface area contributed by atoms with E-state index in [4.69, 9.17) is 0 Å². The highest BCUT2D eigenvalue weighted by Gasteiger charge is 1.97. The molecule has 13 heavy (non-hydrogen) atoms. The van der Waals surface area contributed by atoms with Crippen molar-refractivity contribution in [2.45, 2.75) is 6.42 Å². The zero-order valence-electron chi connectivity index (χ0n) is 6.73. The van der Waals surface area contributed by atoms with Gasteiger partial charge in [0.1, 0.15) is 5.82 Å². The number of benzene rings is 1. The van der Waals surface area contributed by atoms with Gasteiger partial charge in [-0.25, -0.2) is 12.8 Å².